The van der Waals surface area contributed by atoms with Gasteiger partial charge >= 0.3 is 0 Å². The molecule has 29 heavy (non-hydrogen) atoms. The minimum atomic E-state index is -0.474. The van der Waals surface area contributed by atoms with Gasteiger partial charge in [-0.1, -0.05) is 12.1 Å². The van der Waals surface area contributed by atoms with E-state index in [2.05, 4.69) is 5.32 Å². The largest absolute Gasteiger partial charge is 0.454 e. The van der Waals surface area contributed by atoms with Gasteiger partial charge in [-0.15, -0.1) is 0 Å². The van der Waals surface area contributed by atoms with Crippen LogP contribution in [0.1, 0.15) is 34.3 Å². The highest BCUT2D eigenvalue weighted by Crippen LogP contribution is 2.40. The summed E-state index contributed by atoms with van der Waals surface area (Å²) < 4.78 is 16.5. The van der Waals surface area contributed by atoms with Crippen LogP contribution < -0.4 is 14.8 Å². The number of nitrogens with one attached hydrogen (secondary N) is 1. The molecule has 1 amide bonds. The predicted molar refractivity (Wildman–Crippen MR) is 104 cm³/mol. The van der Waals surface area contributed by atoms with Crippen LogP contribution in [0.4, 0.5) is 5.69 Å². The topological polar surface area (TPSA) is 99.9 Å². The van der Waals surface area contributed by atoms with Gasteiger partial charge in [0.2, 0.25) is 6.79 Å². The summed E-state index contributed by atoms with van der Waals surface area (Å²) in [6, 6.07) is 10.4. The number of carbonyl (C=O) groups is 1. The smallest absolute Gasteiger partial charge is 0.273 e. The van der Waals surface area contributed by atoms with Gasteiger partial charge < -0.3 is 19.5 Å². The van der Waals surface area contributed by atoms with Crippen LogP contribution in [0.2, 0.25) is 0 Å². The quantitative estimate of drug-likeness (QED) is 0.614. The number of ether oxygens (including phenoxy) is 3. The maximum atomic E-state index is 12.8. The first kappa shape index (κ1) is 19.2. The predicted octanol–water partition coefficient (Wildman–Crippen LogP) is 3.11. The average molecular weight is 398 g/mol. The Morgan fingerprint density at radius 2 is 1.93 bits per heavy atom. The lowest BCUT2D eigenvalue weighted by molar-refractivity contribution is -0.385. The second-order valence-corrected chi connectivity index (χ2v) is 7.35. The lowest BCUT2D eigenvalue weighted by atomic mass is 9.74. The number of carbonyl (C=O) groups excluding carboxylic acids is 1. The Labute approximate surface area is 167 Å². The van der Waals surface area contributed by atoms with Gasteiger partial charge in [-0.2, -0.15) is 0 Å². The van der Waals surface area contributed by atoms with Crippen LogP contribution >= 0.6 is 0 Å². The highest BCUT2D eigenvalue weighted by Gasteiger charge is 2.36. The summed E-state index contributed by atoms with van der Waals surface area (Å²) in [5.74, 6) is 1.10. The Balaban J connectivity index is 1.58. The van der Waals surface area contributed by atoms with Crippen LogP contribution in [-0.4, -0.2) is 37.4 Å². The van der Waals surface area contributed by atoms with E-state index in [1.165, 1.54) is 12.1 Å². The van der Waals surface area contributed by atoms with Crippen molar-refractivity contribution in [2.75, 3.05) is 26.6 Å². The number of fused-ring (bicyclic) bond motifs is 1. The van der Waals surface area contributed by atoms with E-state index < -0.39 is 4.92 Å². The lowest BCUT2D eigenvalue weighted by Gasteiger charge is -2.38. The Morgan fingerprint density at radius 1 is 1.17 bits per heavy atom. The van der Waals surface area contributed by atoms with Gasteiger partial charge in [0.1, 0.15) is 0 Å². The molecular weight excluding hydrogens is 376 g/mol. The van der Waals surface area contributed by atoms with E-state index >= 15 is 0 Å². The van der Waals surface area contributed by atoms with Crippen molar-refractivity contribution in [3.05, 3.63) is 63.2 Å². The standard InChI is InChI=1S/C21H22N2O6/c1-14-16(3-2-4-17(14)23(25)26)20(24)22-12-21(7-9-27-10-8-21)15-5-6-18-19(11-15)29-13-28-18/h2-6,11H,7-10,12-13H2,1H3,(H,22,24). The fraction of sp³-hybridized carbons (Fsp3) is 0.381. The van der Waals surface area contributed by atoms with Crippen molar-refractivity contribution in [3.63, 3.8) is 0 Å². The summed E-state index contributed by atoms with van der Waals surface area (Å²) in [5, 5.41) is 14.2. The molecule has 0 bridgehead atoms. The fourth-order valence-electron chi connectivity index (χ4n) is 3.97. The van der Waals surface area contributed by atoms with Gasteiger partial charge in [0, 0.05) is 42.4 Å². The van der Waals surface area contributed by atoms with Crippen LogP contribution in [0, 0.1) is 17.0 Å². The first-order valence-corrected chi connectivity index (χ1v) is 9.50. The molecule has 2 aromatic rings. The summed E-state index contributed by atoms with van der Waals surface area (Å²) in [5.41, 5.74) is 1.37. The number of nitrogens with zero attached hydrogens (tertiary/aromatic N) is 1. The SMILES string of the molecule is Cc1c(C(=O)NCC2(c3ccc4c(c3)OCO4)CCOCC2)cccc1[N+](=O)[O-]. The highest BCUT2D eigenvalue weighted by molar-refractivity contribution is 5.96. The summed E-state index contributed by atoms with van der Waals surface area (Å²) in [4.78, 5) is 23.5. The molecule has 2 aromatic carbocycles. The molecule has 2 heterocycles. The fourth-order valence-corrected chi connectivity index (χ4v) is 3.97. The van der Waals surface area contributed by atoms with Gasteiger partial charge in [0.05, 0.1) is 4.92 Å². The van der Waals surface area contributed by atoms with Gasteiger partial charge in [0.25, 0.3) is 11.6 Å². The molecule has 8 nitrogen and oxygen atoms in total. The third-order valence-electron chi connectivity index (χ3n) is 5.77. The van der Waals surface area contributed by atoms with Crippen LogP contribution in [0.15, 0.2) is 36.4 Å². The number of rotatable bonds is 5. The van der Waals surface area contributed by atoms with Crippen LogP contribution in [0.3, 0.4) is 0 Å². The molecule has 1 saturated heterocycles. The van der Waals surface area contributed by atoms with Gasteiger partial charge in [-0.05, 0) is 43.5 Å². The van der Waals surface area contributed by atoms with Gasteiger partial charge in [-0.3, -0.25) is 14.9 Å². The van der Waals surface area contributed by atoms with Crippen LogP contribution in [-0.2, 0) is 10.2 Å². The normalized spacial score (nSPS) is 17.0. The van der Waals surface area contributed by atoms with Crippen LogP contribution in [0.5, 0.6) is 11.5 Å². The van der Waals surface area contributed by atoms with E-state index in [0.717, 1.165) is 18.4 Å². The molecule has 0 saturated carbocycles. The summed E-state index contributed by atoms with van der Waals surface area (Å²) >= 11 is 0. The van der Waals surface area contributed by atoms with E-state index in [1.54, 1.807) is 13.0 Å². The maximum Gasteiger partial charge on any atom is 0.273 e. The molecular formula is C21H22N2O6. The Kier molecular flexibility index (Phi) is 5.10. The molecule has 1 N–H and O–H groups in total. The van der Waals surface area contributed by atoms with Crippen molar-refractivity contribution in [1.82, 2.24) is 5.32 Å². The molecule has 152 valence electrons. The maximum absolute atomic E-state index is 12.8. The molecule has 0 unspecified atom stereocenters. The zero-order valence-electron chi connectivity index (χ0n) is 16.1. The lowest BCUT2D eigenvalue weighted by Crippen LogP contribution is -2.44. The minimum absolute atomic E-state index is 0.0609. The monoisotopic (exact) mass is 398 g/mol. The number of hydrogen-bond acceptors (Lipinski definition) is 6. The third-order valence-corrected chi connectivity index (χ3v) is 5.77. The Bertz CT molecular complexity index is 952. The summed E-state index contributed by atoms with van der Waals surface area (Å²) in [6.45, 7) is 3.39. The zero-order chi connectivity index (χ0) is 20.4. The number of hydrogen-bond donors (Lipinski definition) is 1. The van der Waals surface area contributed by atoms with E-state index in [1.807, 2.05) is 18.2 Å². The van der Waals surface area contributed by atoms with Crippen molar-refractivity contribution in [3.8, 4) is 11.5 Å². The van der Waals surface area contributed by atoms with Crippen molar-refractivity contribution in [2.45, 2.75) is 25.2 Å². The minimum Gasteiger partial charge on any atom is -0.454 e. The highest BCUT2D eigenvalue weighted by atomic mass is 16.7. The molecule has 2 aliphatic rings. The Morgan fingerprint density at radius 3 is 2.69 bits per heavy atom. The van der Waals surface area contributed by atoms with Crippen molar-refractivity contribution in [2.24, 2.45) is 0 Å². The van der Waals surface area contributed by atoms with Crippen molar-refractivity contribution >= 4 is 11.6 Å². The first-order chi connectivity index (χ1) is 14.0. The molecule has 0 spiro atoms. The number of nitro groups is 1. The van der Waals surface area contributed by atoms with Gasteiger partial charge in [-0.25, -0.2) is 0 Å². The summed E-state index contributed by atoms with van der Waals surface area (Å²) in [6.07, 6.45) is 1.50. The van der Waals surface area contributed by atoms with E-state index in [9.17, 15) is 14.9 Å². The molecule has 0 atom stereocenters. The van der Waals surface area contributed by atoms with E-state index in [0.29, 0.717) is 42.4 Å². The number of amides is 1. The number of nitro benzene ring substituents is 1. The molecule has 8 heteroatoms. The molecule has 4 rings (SSSR count). The van der Waals surface area contributed by atoms with Crippen molar-refractivity contribution < 1.29 is 23.9 Å². The third kappa shape index (κ3) is 3.63. The number of benzene rings is 2. The van der Waals surface area contributed by atoms with Gasteiger partial charge in [0.15, 0.2) is 11.5 Å². The van der Waals surface area contributed by atoms with E-state index in [4.69, 9.17) is 14.2 Å². The molecule has 1 fully saturated rings. The van der Waals surface area contributed by atoms with E-state index in [-0.39, 0.29) is 23.8 Å². The summed E-state index contributed by atoms with van der Waals surface area (Å²) in [7, 11) is 0. The molecule has 0 radical (unpaired) electrons. The average Bonchev–Trinajstić information content (AvgIpc) is 3.20. The second-order valence-electron chi connectivity index (χ2n) is 7.35. The molecule has 0 aliphatic carbocycles. The van der Waals surface area contributed by atoms with Crippen LogP contribution in [0.25, 0.3) is 0 Å². The second kappa shape index (κ2) is 7.71. The first-order valence-electron chi connectivity index (χ1n) is 9.50. The Hall–Kier alpha value is -3.13. The zero-order valence-corrected chi connectivity index (χ0v) is 16.1. The molecule has 2 aliphatic heterocycles. The molecule has 0 aromatic heterocycles. The van der Waals surface area contributed by atoms with Crippen molar-refractivity contribution in [1.29, 1.82) is 0 Å².